The zero-order chi connectivity index (χ0) is 9.10. The molecule has 2 rings (SSSR count). The summed E-state index contributed by atoms with van der Waals surface area (Å²) < 4.78 is 14.8. The van der Waals surface area contributed by atoms with Gasteiger partial charge in [-0.2, -0.15) is 0 Å². The molecule has 0 aliphatic rings. The largest absolute Gasteiger partial charge is 0.569 e. The average Bonchev–Trinajstić information content (AvgIpc) is 2.53. The molecule has 1 aromatic heterocycles. The monoisotopic (exact) mass is 191 g/mol. The highest BCUT2D eigenvalue weighted by Gasteiger charge is 2.02. The minimum absolute atomic E-state index is 0.767. The molecule has 0 saturated heterocycles. The van der Waals surface area contributed by atoms with Crippen molar-refractivity contribution in [2.24, 2.45) is 0 Å². The second kappa shape index (κ2) is 3.68. The van der Waals surface area contributed by atoms with Gasteiger partial charge in [-0.25, -0.2) is 0 Å². The summed E-state index contributed by atoms with van der Waals surface area (Å²) in [6, 6.07) is 11.9. The molecule has 1 unspecified atom stereocenters. The van der Waals surface area contributed by atoms with Crippen molar-refractivity contribution in [1.29, 1.82) is 0 Å². The van der Waals surface area contributed by atoms with Crippen LogP contribution in [0.2, 0.25) is 0 Å². The summed E-state index contributed by atoms with van der Waals surface area (Å²) in [5, 5.41) is 1.61. The molecule has 0 spiro atoms. The first-order valence-corrected chi connectivity index (χ1v) is 5.22. The summed E-state index contributed by atoms with van der Waals surface area (Å²) in [5.41, 5.74) is 2.09. The lowest BCUT2D eigenvalue weighted by Gasteiger charge is -1.94. The molecular formula is C10H9NOS. The van der Waals surface area contributed by atoms with Crippen LogP contribution in [0.25, 0.3) is 0 Å². The molecule has 1 atom stereocenters. The first-order chi connectivity index (χ1) is 6.34. The topological polar surface area (TPSA) is 36.0 Å². The normalized spacial score (nSPS) is 11.6. The Morgan fingerprint density at radius 2 is 1.92 bits per heavy atom. The van der Waals surface area contributed by atoms with E-state index in [9.17, 15) is 4.55 Å². The maximum absolute atomic E-state index is 10.9. The molecule has 0 fully saturated rings. The molecule has 66 valence electrons. The fourth-order valence-corrected chi connectivity index (χ4v) is 1.90. The van der Waals surface area contributed by atoms with Crippen molar-refractivity contribution >= 4 is 10.9 Å². The van der Waals surface area contributed by atoms with Gasteiger partial charge in [-0.3, -0.25) is 0 Å². The van der Waals surface area contributed by atoms with E-state index in [0.29, 0.717) is 0 Å². The van der Waals surface area contributed by atoms with Gasteiger partial charge in [-0.15, -0.1) is 0 Å². The fraction of sp³-hybridized carbons (Fsp3) is 0.100. The van der Waals surface area contributed by atoms with Crippen LogP contribution in [-0.2, 0) is 6.42 Å². The van der Waals surface area contributed by atoms with Crippen LogP contribution in [0.3, 0.4) is 0 Å². The summed E-state index contributed by atoms with van der Waals surface area (Å²) in [6.07, 6.45) is 0.767. The summed E-state index contributed by atoms with van der Waals surface area (Å²) in [4.78, 5) is 0. The van der Waals surface area contributed by atoms with Crippen molar-refractivity contribution in [2.45, 2.75) is 6.42 Å². The predicted octanol–water partition coefficient (Wildman–Crippen LogP) is 2.40. The molecule has 0 aliphatic carbocycles. The maximum atomic E-state index is 10.9. The van der Waals surface area contributed by atoms with Crippen LogP contribution in [0.15, 0.2) is 41.8 Å². The van der Waals surface area contributed by atoms with E-state index in [1.165, 1.54) is 5.56 Å². The van der Waals surface area contributed by atoms with E-state index in [1.54, 1.807) is 5.38 Å². The third-order valence-electron chi connectivity index (χ3n) is 1.81. The van der Waals surface area contributed by atoms with E-state index >= 15 is 0 Å². The smallest absolute Gasteiger partial charge is 0.163 e. The molecule has 2 nitrogen and oxygen atoms in total. The maximum Gasteiger partial charge on any atom is 0.163 e. The Bertz CT molecular complexity index is 383. The molecule has 2 aromatic rings. The Kier molecular flexibility index (Phi) is 2.38. The van der Waals surface area contributed by atoms with Crippen LogP contribution < -0.4 is 0 Å². The zero-order valence-corrected chi connectivity index (χ0v) is 7.83. The summed E-state index contributed by atoms with van der Waals surface area (Å²) in [5.74, 6) is 0. The van der Waals surface area contributed by atoms with Gasteiger partial charge < -0.3 is 4.55 Å². The van der Waals surface area contributed by atoms with Crippen LogP contribution in [0.1, 0.15) is 11.3 Å². The molecule has 3 heteroatoms. The van der Waals surface area contributed by atoms with Crippen LogP contribution in [0.4, 0.5) is 0 Å². The van der Waals surface area contributed by atoms with Crippen molar-refractivity contribution in [3.8, 4) is 0 Å². The van der Waals surface area contributed by atoms with Crippen molar-refractivity contribution in [1.82, 2.24) is 4.37 Å². The van der Waals surface area contributed by atoms with Gasteiger partial charge in [-0.05, 0) is 9.94 Å². The van der Waals surface area contributed by atoms with Gasteiger partial charge in [0.25, 0.3) is 0 Å². The number of hydrogen-bond donors (Lipinski definition) is 0. The van der Waals surface area contributed by atoms with E-state index in [1.807, 2.05) is 36.4 Å². The van der Waals surface area contributed by atoms with E-state index in [0.717, 1.165) is 12.1 Å². The third-order valence-corrected chi connectivity index (χ3v) is 2.60. The number of benzene rings is 1. The Morgan fingerprint density at radius 3 is 2.54 bits per heavy atom. The van der Waals surface area contributed by atoms with Crippen molar-refractivity contribution in [3.63, 3.8) is 0 Å². The van der Waals surface area contributed by atoms with Crippen LogP contribution >= 0.6 is 10.9 Å². The lowest BCUT2D eigenvalue weighted by Crippen LogP contribution is -1.86. The van der Waals surface area contributed by atoms with Gasteiger partial charge in [-0.1, -0.05) is 30.3 Å². The van der Waals surface area contributed by atoms with Gasteiger partial charge in [0.2, 0.25) is 0 Å². The zero-order valence-electron chi connectivity index (χ0n) is 7.01. The highest BCUT2D eigenvalue weighted by molar-refractivity contribution is 7.17. The SMILES string of the molecule is [O-][s+]1ccc(Cc2ccccc2)n1. The second-order valence-corrected chi connectivity index (χ2v) is 3.83. The highest BCUT2D eigenvalue weighted by Crippen LogP contribution is 2.13. The molecule has 0 saturated carbocycles. The van der Waals surface area contributed by atoms with Crippen molar-refractivity contribution < 1.29 is 4.55 Å². The quantitative estimate of drug-likeness (QED) is 0.683. The number of rotatable bonds is 2. The average molecular weight is 191 g/mol. The Morgan fingerprint density at radius 1 is 1.15 bits per heavy atom. The summed E-state index contributed by atoms with van der Waals surface area (Å²) >= 11 is 0. The van der Waals surface area contributed by atoms with Gasteiger partial charge in [0, 0.05) is 12.5 Å². The highest BCUT2D eigenvalue weighted by atomic mass is 32.2. The molecule has 1 heterocycles. The van der Waals surface area contributed by atoms with Crippen LogP contribution in [-0.4, -0.2) is 8.93 Å². The van der Waals surface area contributed by atoms with Crippen LogP contribution in [0, 0.1) is 0 Å². The van der Waals surface area contributed by atoms with Crippen LogP contribution in [0.5, 0.6) is 0 Å². The molecule has 1 aromatic carbocycles. The number of nitrogens with zero attached hydrogens (tertiary/aromatic N) is 1. The van der Waals surface area contributed by atoms with Crippen molar-refractivity contribution in [3.05, 3.63) is 53.0 Å². The standard InChI is InChI=1S/C10H9NOS/c12-13-7-6-10(11-13)8-9-4-2-1-3-5-9/h1-7H,8H2. The Hall–Kier alpha value is -1.19. The molecule has 0 bridgehead atoms. The first kappa shape index (κ1) is 8.41. The van der Waals surface area contributed by atoms with E-state index < -0.39 is 10.9 Å². The minimum atomic E-state index is -1.12. The molecule has 13 heavy (non-hydrogen) atoms. The minimum Gasteiger partial charge on any atom is -0.569 e. The van der Waals surface area contributed by atoms with Gasteiger partial charge in [0.15, 0.2) is 5.38 Å². The Labute approximate surface area is 79.8 Å². The lowest BCUT2D eigenvalue weighted by molar-refractivity contribution is 0.591. The predicted molar refractivity (Wildman–Crippen MR) is 52.1 cm³/mol. The van der Waals surface area contributed by atoms with Gasteiger partial charge in [0.05, 0.1) is 10.9 Å². The molecular weight excluding hydrogens is 182 g/mol. The lowest BCUT2D eigenvalue weighted by atomic mass is 10.1. The molecule has 0 N–H and O–H groups in total. The van der Waals surface area contributed by atoms with Gasteiger partial charge >= 0.3 is 0 Å². The molecule has 0 amide bonds. The number of hydrogen-bond acceptors (Lipinski definition) is 2. The summed E-state index contributed by atoms with van der Waals surface area (Å²) in [7, 11) is -1.12. The molecule has 0 aliphatic heterocycles. The van der Waals surface area contributed by atoms with E-state index in [4.69, 9.17) is 0 Å². The first-order valence-electron chi connectivity index (χ1n) is 4.05. The number of aromatic nitrogens is 1. The van der Waals surface area contributed by atoms with Crippen molar-refractivity contribution in [2.75, 3.05) is 0 Å². The summed E-state index contributed by atoms with van der Waals surface area (Å²) in [6.45, 7) is 0. The van der Waals surface area contributed by atoms with E-state index in [2.05, 4.69) is 4.37 Å². The third kappa shape index (κ3) is 2.14. The van der Waals surface area contributed by atoms with E-state index in [-0.39, 0.29) is 0 Å². The Balaban J connectivity index is 2.15. The second-order valence-electron chi connectivity index (χ2n) is 2.82. The van der Waals surface area contributed by atoms with Gasteiger partial charge in [0.1, 0.15) is 5.69 Å². The fourth-order valence-electron chi connectivity index (χ4n) is 1.21. The molecule has 0 radical (unpaired) electrons.